The minimum absolute atomic E-state index is 0.0827. The van der Waals surface area contributed by atoms with Gasteiger partial charge in [-0.3, -0.25) is 4.79 Å². The van der Waals surface area contributed by atoms with Gasteiger partial charge in [-0.05, 0) is 25.0 Å². The van der Waals surface area contributed by atoms with Gasteiger partial charge in [-0.2, -0.15) is 0 Å². The Morgan fingerprint density at radius 1 is 1.42 bits per heavy atom. The molecule has 1 aliphatic carbocycles. The molecule has 128 valence electrons. The highest BCUT2D eigenvalue weighted by Gasteiger charge is 2.54. The topological polar surface area (TPSA) is 63.3 Å². The first-order valence-corrected chi connectivity index (χ1v) is 8.65. The smallest absolute Gasteiger partial charge is 0.224 e. The predicted molar refractivity (Wildman–Crippen MR) is 91.9 cm³/mol. The molecule has 1 aromatic heterocycles. The van der Waals surface area contributed by atoms with Gasteiger partial charge in [-0.1, -0.05) is 18.2 Å². The summed E-state index contributed by atoms with van der Waals surface area (Å²) in [7, 11) is 1.70. The number of nitrogens with one attached hydrogen (secondary N) is 2. The maximum atomic E-state index is 12.6. The third-order valence-corrected chi connectivity index (χ3v) is 5.58. The first-order chi connectivity index (χ1) is 11.7. The van der Waals surface area contributed by atoms with Gasteiger partial charge >= 0.3 is 0 Å². The van der Waals surface area contributed by atoms with Gasteiger partial charge in [-0.15, -0.1) is 0 Å². The third-order valence-electron chi connectivity index (χ3n) is 5.58. The number of H-pyrrole nitrogens is 1. The molecule has 0 bridgehead atoms. The van der Waals surface area contributed by atoms with Gasteiger partial charge in [0, 0.05) is 48.2 Å². The molecule has 4 atom stereocenters. The molecule has 2 aliphatic rings. The van der Waals surface area contributed by atoms with E-state index < -0.39 is 0 Å². The Labute approximate surface area is 141 Å². The van der Waals surface area contributed by atoms with E-state index in [1.54, 1.807) is 7.11 Å². The Hall–Kier alpha value is -1.85. The second-order valence-electron chi connectivity index (χ2n) is 6.95. The molecule has 5 nitrogen and oxygen atoms in total. The zero-order chi connectivity index (χ0) is 16.7. The van der Waals surface area contributed by atoms with Crippen molar-refractivity contribution in [2.75, 3.05) is 20.3 Å². The third kappa shape index (κ3) is 2.52. The molecule has 2 aromatic rings. The molecule has 2 N–H and O–H groups in total. The summed E-state index contributed by atoms with van der Waals surface area (Å²) in [6.45, 7) is 3.46. The average molecular weight is 328 g/mol. The van der Waals surface area contributed by atoms with Crippen LogP contribution in [0.2, 0.25) is 0 Å². The van der Waals surface area contributed by atoms with Crippen LogP contribution in [0, 0.1) is 18.8 Å². The van der Waals surface area contributed by atoms with Crippen LogP contribution >= 0.6 is 0 Å². The number of rotatable bonds is 5. The monoisotopic (exact) mass is 328 g/mol. The summed E-state index contributed by atoms with van der Waals surface area (Å²) in [6.07, 6.45) is 1.69. The first kappa shape index (κ1) is 15.7. The van der Waals surface area contributed by atoms with Crippen LogP contribution < -0.4 is 5.32 Å². The minimum atomic E-state index is 0.0827. The van der Waals surface area contributed by atoms with E-state index in [2.05, 4.69) is 16.4 Å². The number of carbonyl (C=O) groups excluding carboxylic acids is 1. The van der Waals surface area contributed by atoms with E-state index in [-0.39, 0.29) is 24.0 Å². The highest BCUT2D eigenvalue weighted by atomic mass is 16.5. The number of fused-ring (bicyclic) bond motifs is 2. The van der Waals surface area contributed by atoms with E-state index >= 15 is 0 Å². The van der Waals surface area contributed by atoms with Gasteiger partial charge in [0.05, 0.1) is 19.1 Å². The van der Waals surface area contributed by atoms with Crippen molar-refractivity contribution in [1.82, 2.24) is 10.3 Å². The SMILES string of the molecule is COC[C@@H]1[C@H](NC(=O)Cc2c(C)[nH]c3ccccc23)[C@@H]2CCO[C@H]12. The zero-order valence-electron chi connectivity index (χ0n) is 14.2. The number of benzene rings is 1. The molecule has 1 saturated carbocycles. The summed E-state index contributed by atoms with van der Waals surface area (Å²) in [4.78, 5) is 16.0. The molecule has 1 aromatic carbocycles. The van der Waals surface area contributed by atoms with Gasteiger partial charge in [0.2, 0.25) is 5.91 Å². The number of ether oxygens (including phenoxy) is 2. The Bertz CT molecular complexity index is 754. The van der Waals surface area contributed by atoms with Crippen LogP contribution in [0.3, 0.4) is 0 Å². The quantitative estimate of drug-likeness (QED) is 0.884. The fourth-order valence-corrected chi connectivity index (χ4v) is 4.39. The van der Waals surface area contributed by atoms with Crippen molar-refractivity contribution in [3.05, 3.63) is 35.5 Å². The fraction of sp³-hybridized carbons (Fsp3) is 0.526. The van der Waals surface area contributed by atoms with Crippen molar-refractivity contribution in [3.63, 3.8) is 0 Å². The van der Waals surface area contributed by atoms with E-state index in [9.17, 15) is 4.79 Å². The van der Waals surface area contributed by atoms with Crippen molar-refractivity contribution in [1.29, 1.82) is 0 Å². The summed E-state index contributed by atoms with van der Waals surface area (Å²) < 4.78 is 11.1. The fourth-order valence-electron chi connectivity index (χ4n) is 4.39. The van der Waals surface area contributed by atoms with E-state index in [4.69, 9.17) is 9.47 Å². The number of para-hydroxylation sites is 1. The van der Waals surface area contributed by atoms with Crippen molar-refractivity contribution in [2.45, 2.75) is 31.9 Å². The normalized spacial score (nSPS) is 28.6. The second-order valence-corrected chi connectivity index (χ2v) is 6.95. The number of hydrogen-bond acceptors (Lipinski definition) is 3. The molecule has 2 heterocycles. The highest BCUT2D eigenvalue weighted by molar-refractivity contribution is 5.90. The summed E-state index contributed by atoms with van der Waals surface area (Å²) in [5.74, 6) is 0.799. The van der Waals surface area contributed by atoms with Gasteiger partial charge in [0.25, 0.3) is 0 Å². The maximum absolute atomic E-state index is 12.6. The van der Waals surface area contributed by atoms with Gasteiger partial charge < -0.3 is 19.8 Å². The number of methoxy groups -OCH3 is 1. The summed E-state index contributed by atoms with van der Waals surface area (Å²) >= 11 is 0. The minimum Gasteiger partial charge on any atom is -0.384 e. The lowest BCUT2D eigenvalue weighted by Gasteiger charge is -2.47. The van der Waals surface area contributed by atoms with Crippen molar-refractivity contribution >= 4 is 16.8 Å². The predicted octanol–water partition coefficient (Wildman–Crippen LogP) is 2.18. The van der Waals surface area contributed by atoms with Crippen LogP contribution in [-0.2, 0) is 20.7 Å². The molecule has 24 heavy (non-hydrogen) atoms. The van der Waals surface area contributed by atoms with E-state index in [0.29, 0.717) is 18.9 Å². The van der Waals surface area contributed by atoms with Gasteiger partial charge in [0.15, 0.2) is 0 Å². The Balaban J connectivity index is 1.47. The molecular formula is C19H24N2O3. The summed E-state index contributed by atoms with van der Waals surface area (Å²) in [6, 6.07) is 8.31. The Morgan fingerprint density at radius 3 is 3.08 bits per heavy atom. The Morgan fingerprint density at radius 2 is 2.25 bits per heavy atom. The number of hydrogen-bond donors (Lipinski definition) is 2. The van der Waals surface area contributed by atoms with E-state index in [1.165, 1.54) is 0 Å². The van der Waals surface area contributed by atoms with Gasteiger partial charge in [0.1, 0.15) is 0 Å². The lowest BCUT2D eigenvalue weighted by molar-refractivity contribution is -0.129. The molecule has 1 aliphatic heterocycles. The van der Waals surface area contributed by atoms with E-state index in [1.807, 2.05) is 25.1 Å². The van der Waals surface area contributed by atoms with Crippen LogP contribution in [0.4, 0.5) is 0 Å². The van der Waals surface area contributed by atoms with Gasteiger partial charge in [-0.25, -0.2) is 0 Å². The van der Waals surface area contributed by atoms with E-state index in [0.717, 1.165) is 35.2 Å². The van der Waals surface area contributed by atoms with Crippen LogP contribution in [0.25, 0.3) is 10.9 Å². The van der Waals surface area contributed by atoms with Crippen LogP contribution in [0.1, 0.15) is 17.7 Å². The molecular weight excluding hydrogens is 304 g/mol. The van der Waals surface area contributed by atoms with Crippen LogP contribution in [-0.4, -0.2) is 43.4 Å². The van der Waals surface area contributed by atoms with Crippen molar-refractivity contribution < 1.29 is 14.3 Å². The molecule has 5 heteroatoms. The molecule has 0 spiro atoms. The van der Waals surface area contributed by atoms with Crippen LogP contribution in [0.5, 0.6) is 0 Å². The largest absolute Gasteiger partial charge is 0.384 e. The summed E-state index contributed by atoms with van der Waals surface area (Å²) in [5.41, 5.74) is 3.24. The maximum Gasteiger partial charge on any atom is 0.224 e. The highest BCUT2D eigenvalue weighted by Crippen LogP contribution is 2.43. The lowest BCUT2D eigenvalue weighted by atomic mass is 9.67. The first-order valence-electron chi connectivity index (χ1n) is 8.65. The lowest BCUT2D eigenvalue weighted by Crippen LogP contribution is -2.62. The number of carbonyl (C=O) groups is 1. The number of aromatic amines is 1. The van der Waals surface area contributed by atoms with Crippen LogP contribution in [0.15, 0.2) is 24.3 Å². The molecule has 1 amide bonds. The standard InChI is InChI=1S/C19H24N2O3/c1-11-14(12-5-3-4-6-16(12)20-11)9-17(22)21-18-13-7-8-24-19(13)15(18)10-23-2/h3-6,13,15,18-20H,7-10H2,1-2H3,(H,21,22)/t13-,15+,18+,19-/m0/s1. The van der Waals surface area contributed by atoms with Crippen molar-refractivity contribution in [2.24, 2.45) is 11.8 Å². The molecule has 1 saturated heterocycles. The number of aryl methyl sites for hydroxylation is 1. The number of amides is 1. The molecule has 2 fully saturated rings. The average Bonchev–Trinajstić information content (AvgIpc) is 3.13. The molecule has 0 unspecified atom stereocenters. The molecule has 0 radical (unpaired) electrons. The summed E-state index contributed by atoms with van der Waals surface area (Å²) in [5, 5.41) is 4.37. The zero-order valence-corrected chi connectivity index (χ0v) is 14.2. The number of aromatic nitrogens is 1. The molecule has 4 rings (SSSR count). The van der Waals surface area contributed by atoms with Crippen molar-refractivity contribution in [3.8, 4) is 0 Å². The second kappa shape index (κ2) is 6.22. The Kier molecular flexibility index (Phi) is 4.06.